The summed E-state index contributed by atoms with van der Waals surface area (Å²) in [5, 5.41) is 0. The van der Waals surface area contributed by atoms with E-state index in [1.54, 1.807) is 0 Å². The molecule has 0 radical (unpaired) electrons. The molecule has 3 nitrogen and oxygen atoms in total. The number of halogens is 1. The summed E-state index contributed by atoms with van der Waals surface area (Å²) in [5.41, 5.74) is 4.07. The van der Waals surface area contributed by atoms with Crippen LogP contribution in [0.15, 0.2) is 46.9 Å². The zero-order chi connectivity index (χ0) is 14.2. The fourth-order valence-electron chi connectivity index (χ4n) is 2.83. The van der Waals surface area contributed by atoms with Crippen LogP contribution < -0.4 is 4.90 Å². The van der Waals surface area contributed by atoms with Crippen molar-refractivity contribution in [3.8, 4) is 11.5 Å². The predicted molar refractivity (Wildman–Crippen MR) is 93.6 cm³/mol. The van der Waals surface area contributed by atoms with Gasteiger partial charge in [-0.1, -0.05) is 6.07 Å². The highest BCUT2D eigenvalue weighted by atomic mass is 127. The van der Waals surface area contributed by atoms with E-state index in [4.69, 9.17) is 4.42 Å². The molecule has 21 heavy (non-hydrogen) atoms. The minimum Gasteiger partial charge on any atom is -0.436 e. The average Bonchev–Trinajstić information content (AvgIpc) is 3.16. The minimum atomic E-state index is 0.696. The van der Waals surface area contributed by atoms with Gasteiger partial charge in [0.25, 0.3) is 0 Å². The van der Waals surface area contributed by atoms with Crippen molar-refractivity contribution in [2.24, 2.45) is 0 Å². The van der Waals surface area contributed by atoms with Gasteiger partial charge in [0.1, 0.15) is 5.52 Å². The zero-order valence-electron chi connectivity index (χ0n) is 11.6. The van der Waals surface area contributed by atoms with Gasteiger partial charge in [0.15, 0.2) is 5.58 Å². The van der Waals surface area contributed by atoms with E-state index in [0.29, 0.717) is 5.89 Å². The van der Waals surface area contributed by atoms with Crippen LogP contribution in [0.1, 0.15) is 12.8 Å². The van der Waals surface area contributed by atoms with Crippen molar-refractivity contribution in [1.82, 2.24) is 4.98 Å². The summed E-state index contributed by atoms with van der Waals surface area (Å²) in [5.74, 6) is 0.696. The van der Waals surface area contributed by atoms with Crippen LogP contribution in [0.2, 0.25) is 0 Å². The van der Waals surface area contributed by atoms with Crippen molar-refractivity contribution in [1.29, 1.82) is 0 Å². The molecule has 1 aliphatic heterocycles. The van der Waals surface area contributed by atoms with Crippen LogP contribution in [0.4, 0.5) is 5.69 Å². The number of benzene rings is 2. The second kappa shape index (κ2) is 5.33. The number of hydrogen-bond acceptors (Lipinski definition) is 3. The largest absolute Gasteiger partial charge is 0.436 e. The molecule has 2 aromatic carbocycles. The normalized spacial score (nSPS) is 15.0. The Morgan fingerprint density at radius 2 is 1.90 bits per heavy atom. The highest BCUT2D eigenvalue weighted by Gasteiger charge is 2.14. The second-order valence-electron chi connectivity index (χ2n) is 5.38. The van der Waals surface area contributed by atoms with Crippen LogP contribution in [0.25, 0.3) is 22.6 Å². The third-order valence-electron chi connectivity index (χ3n) is 3.91. The molecule has 0 bridgehead atoms. The monoisotopic (exact) mass is 390 g/mol. The zero-order valence-corrected chi connectivity index (χ0v) is 13.7. The maximum Gasteiger partial charge on any atom is 0.227 e. The average molecular weight is 390 g/mol. The lowest BCUT2D eigenvalue weighted by molar-refractivity contribution is 0.620. The van der Waals surface area contributed by atoms with Gasteiger partial charge >= 0.3 is 0 Å². The lowest BCUT2D eigenvalue weighted by atomic mass is 10.2. The van der Waals surface area contributed by atoms with E-state index in [0.717, 1.165) is 29.8 Å². The van der Waals surface area contributed by atoms with Gasteiger partial charge in [-0.25, -0.2) is 4.98 Å². The van der Waals surface area contributed by atoms with Crippen LogP contribution in [-0.4, -0.2) is 18.1 Å². The molecule has 0 N–H and O–H groups in total. The van der Waals surface area contributed by atoms with Crippen LogP contribution in [0, 0.1) is 3.57 Å². The van der Waals surface area contributed by atoms with Crippen molar-refractivity contribution >= 4 is 39.4 Å². The molecule has 0 amide bonds. The Kier molecular flexibility index (Phi) is 3.33. The first-order valence-corrected chi connectivity index (χ1v) is 8.29. The summed E-state index contributed by atoms with van der Waals surface area (Å²) in [7, 11) is 0. The van der Waals surface area contributed by atoms with Gasteiger partial charge in [-0.05, 0) is 71.8 Å². The van der Waals surface area contributed by atoms with E-state index in [-0.39, 0.29) is 0 Å². The molecule has 4 rings (SSSR count). The van der Waals surface area contributed by atoms with Crippen molar-refractivity contribution in [3.05, 3.63) is 46.0 Å². The molecular formula is C17H15IN2O. The standard InChI is InChI=1S/C17H15IN2O/c18-13-5-3-4-12(10-13)17-19-15-11-14(6-7-16(15)21-17)20-8-1-2-9-20/h3-7,10-11H,1-2,8-9H2. The lowest BCUT2D eigenvalue weighted by Gasteiger charge is -2.16. The molecule has 0 atom stereocenters. The van der Waals surface area contributed by atoms with E-state index in [1.165, 1.54) is 22.1 Å². The van der Waals surface area contributed by atoms with Crippen LogP contribution >= 0.6 is 22.6 Å². The molecule has 1 saturated heterocycles. The smallest absolute Gasteiger partial charge is 0.227 e. The number of oxazole rings is 1. The Labute approximate surface area is 137 Å². The van der Waals surface area contributed by atoms with Gasteiger partial charge < -0.3 is 9.32 Å². The molecule has 106 valence electrons. The Bertz CT molecular complexity index is 790. The first kappa shape index (κ1) is 13.1. The molecule has 1 fully saturated rings. The van der Waals surface area contributed by atoms with Crippen molar-refractivity contribution in [2.45, 2.75) is 12.8 Å². The number of hydrogen-bond donors (Lipinski definition) is 0. The van der Waals surface area contributed by atoms with Crippen molar-refractivity contribution < 1.29 is 4.42 Å². The number of rotatable bonds is 2. The Hall–Kier alpha value is -1.56. The van der Waals surface area contributed by atoms with Crippen molar-refractivity contribution in [2.75, 3.05) is 18.0 Å². The predicted octanol–water partition coefficient (Wildman–Crippen LogP) is 4.70. The first-order chi connectivity index (χ1) is 10.3. The topological polar surface area (TPSA) is 29.3 Å². The Morgan fingerprint density at radius 1 is 1.05 bits per heavy atom. The molecule has 1 aliphatic rings. The highest BCUT2D eigenvalue weighted by Crippen LogP contribution is 2.29. The lowest BCUT2D eigenvalue weighted by Crippen LogP contribution is -2.17. The summed E-state index contributed by atoms with van der Waals surface area (Å²) in [6.45, 7) is 2.29. The van der Waals surface area contributed by atoms with E-state index in [2.05, 4.69) is 56.7 Å². The SMILES string of the molecule is Ic1cccc(-c2nc3cc(N4CCCC4)ccc3o2)c1. The quantitative estimate of drug-likeness (QED) is 0.594. The maximum atomic E-state index is 5.89. The summed E-state index contributed by atoms with van der Waals surface area (Å²) in [6.07, 6.45) is 2.56. The van der Waals surface area contributed by atoms with Gasteiger partial charge in [-0.15, -0.1) is 0 Å². The van der Waals surface area contributed by atoms with E-state index >= 15 is 0 Å². The second-order valence-corrected chi connectivity index (χ2v) is 6.62. The molecule has 1 aromatic heterocycles. The van der Waals surface area contributed by atoms with Crippen molar-refractivity contribution in [3.63, 3.8) is 0 Å². The van der Waals surface area contributed by atoms with Gasteiger partial charge in [0.05, 0.1) is 0 Å². The highest BCUT2D eigenvalue weighted by molar-refractivity contribution is 14.1. The summed E-state index contributed by atoms with van der Waals surface area (Å²) in [6, 6.07) is 14.5. The van der Waals surface area contributed by atoms with Gasteiger partial charge in [-0.2, -0.15) is 0 Å². The van der Waals surface area contributed by atoms with Gasteiger partial charge in [0.2, 0.25) is 5.89 Å². The maximum absolute atomic E-state index is 5.89. The third kappa shape index (κ3) is 2.52. The van der Waals surface area contributed by atoms with E-state index in [1.807, 2.05) is 18.2 Å². The first-order valence-electron chi connectivity index (χ1n) is 7.21. The Morgan fingerprint density at radius 3 is 2.71 bits per heavy atom. The number of fused-ring (bicyclic) bond motifs is 1. The molecule has 0 spiro atoms. The van der Waals surface area contributed by atoms with Gasteiger partial charge in [0, 0.05) is 27.9 Å². The summed E-state index contributed by atoms with van der Waals surface area (Å²) in [4.78, 5) is 7.08. The molecule has 0 unspecified atom stereocenters. The Balaban J connectivity index is 1.75. The fraction of sp³-hybridized carbons (Fsp3) is 0.235. The molecular weight excluding hydrogens is 375 g/mol. The summed E-state index contributed by atoms with van der Waals surface area (Å²) < 4.78 is 7.08. The number of anilines is 1. The van der Waals surface area contributed by atoms with E-state index in [9.17, 15) is 0 Å². The fourth-order valence-corrected chi connectivity index (χ4v) is 3.38. The van der Waals surface area contributed by atoms with E-state index < -0.39 is 0 Å². The molecule has 0 saturated carbocycles. The van der Waals surface area contributed by atoms with Gasteiger partial charge in [-0.3, -0.25) is 0 Å². The minimum absolute atomic E-state index is 0.696. The third-order valence-corrected chi connectivity index (χ3v) is 4.58. The van der Waals surface area contributed by atoms with Crippen LogP contribution in [0.3, 0.4) is 0 Å². The molecule has 2 heterocycles. The van der Waals surface area contributed by atoms with Crippen LogP contribution in [0.5, 0.6) is 0 Å². The number of nitrogens with zero attached hydrogens (tertiary/aromatic N) is 2. The number of aromatic nitrogens is 1. The van der Waals surface area contributed by atoms with Crippen LogP contribution in [-0.2, 0) is 0 Å². The summed E-state index contributed by atoms with van der Waals surface area (Å²) >= 11 is 2.31. The molecule has 3 aromatic rings. The molecule has 4 heteroatoms. The molecule has 0 aliphatic carbocycles.